The number of amides is 1. The summed E-state index contributed by atoms with van der Waals surface area (Å²) in [5.41, 5.74) is 8.54. The number of benzene rings is 2. The summed E-state index contributed by atoms with van der Waals surface area (Å²) in [5.74, 6) is -0.876. The van der Waals surface area contributed by atoms with E-state index in [4.69, 9.17) is 5.73 Å². The molecule has 0 spiro atoms. The SMILES string of the molecule is Cc1cc(F)cc(NC(C(N)=O)c2ccc(C)c(Br)c2)c1. The summed E-state index contributed by atoms with van der Waals surface area (Å²) in [6.07, 6.45) is 0. The van der Waals surface area contributed by atoms with Gasteiger partial charge in [0.25, 0.3) is 0 Å². The number of primary amides is 1. The second-order valence-electron chi connectivity index (χ2n) is 5.01. The molecule has 110 valence electrons. The van der Waals surface area contributed by atoms with Crippen molar-refractivity contribution in [3.05, 3.63) is 63.4 Å². The van der Waals surface area contributed by atoms with Gasteiger partial charge in [0.1, 0.15) is 11.9 Å². The topological polar surface area (TPSA) is 55.1 Å². The van der Waals surface area contributed by atoms with Crippen LogP contribution >= 0.6 is 15.9 Å². The number of carbonyl (C=O) groups excluding carboxylic acids is 1. The first-order valence-electron chi connectivity index (χ1n) is 6.46. The van der Waals surface area contributed by atoms with Crippen molar-refractivity contribution in [2.24, 2.45) is 5.73 Å². The van der Waals surface area contributed by atoms with Gasteiger partial charge in [-0.1, -0.05) is 28.1 Å². The molecule has 0 bridgehead atoms. The van der Waals surface area contributed by atoms with Gasteiger partial charge in [-0.05, 0) is 54.8 Å². The van der Waals surface area contributed by atoms with Crippen LogP contribution in [0.4, 0.5) is 10.1 Å². The lowest BCUT2D eigenvalue weighted by atomic mass is 10.0. The van der Waals surface area contributed by atoms with Crippen molar-refractivity contribution in [1.29, 1.82) is 0 Å². The number of rotatable bonds is 4. The maximum absolute atomic E-state index is 13.4. The van der Waals surface area contributed by atoms with E-state index in [-0.39, 0.29) is 5.82 Å². The van der Waals surface area contributed by atoms with Gasteiger partial charge in [0.15, 0.2) is 0 Å². The predicted molar refractivity (Wildman–Crippen MR) is 85.6 cm³/mol. The van der Waals surface area contributed by atoms with Gasteiger partial charge in [-0.2, -0.15) is 0 Å². The Morgan fingerprint density at radius 2 is 1.95 bits per heavy atom. The van der Waals surface area contributed by atoms with Gasteiger partial charge in [-0.15, -0.1) is 0 Å². The zero-order chi connectivity index (χ0) is 15.6. The summed E-state index contributed by atoms with van der Waals surface area (Å²) in [6, 6.07) is 9.37. The van der Waals surface area contributed by atoms with Crippen molar-refractivity contribution in [2.45, 2.75) is 19.9 Å². The van der Waals surface area contributed by atoms with E-state index in [9.17, 15) is 9.18 Å². The van der Waals surface area contributed by atoms with Gasteiger partial charge in [0.2, 0.25) is 5.91 Å². The molecule has 3 N–H and O–H groups in total. The summed E-state index contributed by atoms with van der Waals surface area (Å²) in [7, 11) is 0. The molecule has 3 nitrogen and oxygen atoms in total. The minimum absolute atomic E-state index is 0.356. The van der Waals surface area contributed by atoms with Gasteiger partial charge in [0, 0.05) is 10.2 Å². The average Bonchev–Trinajstić information content (AvgIpc) is 2.38. The van der Waals surface area contributed by atoms with E-state index in [1.54, 1.807) is 13.0 Å². The molecule has 0 saturated carbocycles. The van der Waals surface area contributed by atoms with Crippen molar-refractivity contribution < 1.29 is 9.18 Å². The summed E-state index contributed by atoms with van der Waals surface area (Å²) < 4.78 is 14.3. The minimum Gasteiger partial charge on any atom is -0.370 e. The normalized spacial score (nSPS) is 12.0. The fraction of sp³-hybridized carbons (Fsp3) is 0.188. The van der Waals surface area contributed by atoms with Gasteiger partial charge in [0.05, 0.1) is 0 Å². The van der Waals surface area contributed by atoms with Crippen LogP contribution in [0.25, 0.3) is 0 Å². The number of hydrogen-bond acceptors (Lipinski definition) is 2. The third kappa shape index (κ3) is 3.82. The highest BCUT2D eigenvalue weighted by Gasteiger charge is 2.18. The molecule has 0 radical (unpaired) electrons. The monoisotopic (exact) mass is 350 g/mol. The second kappa shape index (κ2) is 6.26. The zero-order valence-corrected chi connectivity index (χ0v) is 13.4. The Morgan fingerprint density at radius 3 is 2.52 bits per heavy atom. The molecule has 0 aliphatic carbocycles. The molecule has 2 aromatic carbocycles. The summed E-state index contributed by atoms with van der Waals surface area (Å²) in [5, 5.41) is 2.99. The Bertz CT molecular complexity index is 668. The Hall–Kier alpha value is -1.88. The fourth-order valence-electron chi connectivity index (χ4n) is 2.09. The van der Waals surface area contributed by atoms with Crippen LogP contribution < -0.4 is 11.1 Å². The molecule has 1 atom stereocenters. The fourth-order valence-corrected chi connectivity index (χ4v) is 2.49. The largest absolute Gasteiger partial charge is 0.370 e. The molecule has 0 fully saturated rings. The molecule has 0 heterocycles. The highest BCUT2D eigenvalue weighted by molar-refractivity contribution is 9.10. The second-order valence-corrected chi connectivity index (χ2v) is 5.86. The highest BCUT2D eigenvalue weighted by atomic mass is 79.9. The number of nitrogens with one attached hydrogen (secondary N) is 1. The standard InChI is InChI=1S/C16H16BrFN2O/c1-9-5-12(18)8-13(6-9)20-15(16(19)21)11-4-3-10(2)14(17)7-11/h3-8,15,20H,1-2H3,(H2,19,21). The summed E-state index contributed by atoms with van der Waals surface area (Å²) in [4.78, 5) is 11.7. The Labute approximate surface area is 131 Å². The maximum Gasteiger partial charge on any atom is 0.244 e. The number of aryl methyl sites for hydroxylation is 2. The first-order chi connectivity index (χ1) is 9.86. The van der Waals surface area contributed by atoms with Crippen molar-refractivity contribution in [3.63, 3.8) is 0 Å². The van der Waals surface area contributed by atoms with E-state index in [0.29, 0.717) is 5.69 Å². The van der Waals surface area contributed by atoms with E-state index in [1.807, 2.05) is 25.1 Å². The number of halogens is 2. The maximum atomic E-state index is 13.4. The lowest BCUT2D eigenvalue weighted by molar-refractivity contribution is -0.118. The van der Waals surface area contributed by atoms with Crippen LogP contribution in [0.3, 0.4) is 0 Å². The molecule has 1 amide bonds. The molecule has 0 aliphatic heterocycles. The third-order valence-electron chi connectivity index (χ3n) is 3.17. The van der Waals surface area contributed by atoms with E-state index in [1.165, 1.54) is 12.1 Å². The molecular weight excluding hydrogens is 335 g/mol. The van der Waals surface area contributed by atoms with Crippen LogP contribution in [0, 0.1) is 19.7 Å². The molecule has 0 aliphatic rings. The lowest BCUT2D eigenvalue weighted by Crippen LogP contribution is -2.27. The lowest BCUT2D eigenvalue weighted by Gasteiger charge is -2.18. The van der Waals surface area contributed by atoms with Gasteiger partial charge >= 0.3 is 0 Å². The highest BCUT2D eigenvalue weighted by Crippen LogP contribution is 2.25. The summed E-state index contributed by atoms with van der Waals surface area (Å²) in [6.45, 7) is 3.74. The molecule has 21 heavy (non-hydrogen) atoms. The van der Waals surface area contributed by atoms with Gasteiger partial charge in [-0.3, -0.25) is 4.79 Å². The Kier molecular flexibility index (Phi) is 4.63. The molecule has 0 saturated heterocycles. The quantitative estimate of drug-likeness (QED) is 0.879. The molecule has 1 unspecified atom stereocenters. The van der Waals surface area contributed by atoms with E-state index in [0.717, 1.165) is 21.2 Å². The van der Waals surface area contributed by atoms with Crippen LogP contribution in [0.15, 0.2) is 40.9 Å². The van der Waals surface area contributed by atoms with Crippen molar-refractivity contribution in [3.8, 4) is 0 Å². The van der Waals surface area contributed by atoms with Gasteiger partial charge in [-0.25, -0.2) is 4.39 Å². The Morgan fingerprint density at radius 1 is 1.24 bits per heavy atom. The molecule has 2 aromatic rings. The van der Waals surface area contributed by atoms with Crippen molar-refractivity contribution >= 4 is 27.5 Å². The first-order valence-corrected chi connectivity index (χ1v) is 7.25. The van der Waals surface area contributed by atoms with E-state index in [2.05, 4.69) is 21.2 Å². The Balaban J connectivity index is 2.35. The van der Waals surface area contributed by atoms with Crippen LogP contribution in [0.1, 0.15) is 22.7 Å². The molecule has 0 aromatic heterocycles. The first kappa shape index (κ1) is 15.5. The zero-order valence-electron chi connectivity index (χ0n) is 11.8. The predicted octanol–water partition coefficient (Wildman–Crippen LogP) is 3.84. The van der Waals surface area contributed by atoms with Crippen LogP contribution in [-0.2, 0) is 4.79 Å². The molecule has 2 rings (SSSR count). The average molecular weight is 351 g/mol. The minimum atomic E-state index is -0.719. The number of nitrogens with two attached hydrogens (primary N) is 1. The van der Waals surface area contributed by atoms with Crippen LogP contribution in [-0.4, -0.2) is 5.91 Å². The number of carbonyl (C=O) groups is 1. The van der Waals surface area contributed by atoms with Crippen LogP contribution in [0.2, 0.25) is 0 Å². The van der Waals surface area contributed by atoms with E-state index >= 15 is 0 Å². The van der Waals surface area contributed by atoms with Crippen molar-refractivity contribution in [2.75, 3.05) is 5.32 Å². The van der Waals surface area contributed by atoms with Crippen LogP contribution in [0.5, 0.6) is 0 Å². The van der Waals surface area contributed by atoms with E-state index < -0.39 is 11.9 Å². The number of anilines is 1. The van der Waals surface area contributed by atoms with Gasteiger partial charge < -0.3 is 11.1 Å². The van der Waals surface area contributed by atoms with Crippen molar-refractivity contribution in [1.82, 2.24) is 0 Å². The number of hydrogen-bond donors (Lipinski definition) is 2. The molecular formula is C16H16BrFN2O. The smallest absolute Gasteiger partial charge is 0.244 e. The molecule has 5 heteroatoms. The third-order valence-corrected chi connectivity index (χ3v) is 4.02. The summed E-state index contributed by atoms with van der Waals surface area (Å²) >= 11 is 3.43.